The fourth-order valence-corrected chi connectivity index (χ4v) is 1.86. The zero-order valence-corrected chi connectivity index (χ0v) is 9.00. The monoisotopic (exact) mass is 189 g/mol. The molecule has 1 aliphatic rings. The van der Waals surface area contributed by atoms with Crippen LogP contribution in [0.5, 0.6) is 0 Å². The summed E-state index contributed by atoms with van der Waals surface area (Å²) in [5.41, 5.74) is 3.85. The minimum Gasteiger partial charge on any atom is -0.427 e. The van der Waals surface area contributed by atoms with Crippen molar-refractivity contribution in [3.63, 3.8) is 0 Å². The minimum atomic E-state index is 0.262. The van der Waals surface area contributed by atoms with E-state index in [4.69, 9.17) is 4.65 Å². The van der Waals surface area contributed by atoms with Gasteiger partial charge in [0.2, 0.25) is 0 Å². The average molecular weight is 189 g/mol. The first kappa shape index (κ1) is 9.59. The van der Waals surface area contributed by atoms with E-state index in [2.05, 4.69) is 44.2 Å². The van der Waals surface area contributed by atoms with E-state index in [1.165, 1.54) is 16.7 Å². The van der Waals surface area contributed by atoms with Crippen LogP contribution in [0, 0.1) is 0 Å². The highest BCUT2D eigenvalue weighted by molar-refractivity contribution is 6.67. The fourth-order valence-electron chi connectivity index (χ4n) is 1.86. The minimum absolute atomic E-state index is 0.262. The summed E-state index contributed by atoms with van der Waals surface area (Å²) in [6.07, 6.45) is 0. The molecule has 0 bridgehead atoms. The second-order valence-electron chi connectivity index (χ2n) is 4.17. The molecule has 14 heavy (non-hydrogen) atoms. The van der Waals surface area contributed by atoms with E-state index >= 15 is 0 Å². The highest BCUT2D eigenvalue weighted by Gasteiger charge is 2.22. The Hall–Kier alpha value is -0.955. The number of nitrogens with one attached hydrogen (secondary N) is 1. The normalized spacial score (nSPS) is 14.7. The molecule has 0 saturated heterocycles. The summed E-state index contributed by atoms with van der Waals surface area (Å²) in [7, 11) is 0. The standard InChI is InChI=1S/C11H16BNO/c1-8(2)13-10-4-5-11-9(6-10)7-14-12(11)3/h4-6,8,13H,7H2,1-3H3. The molecule has 1 heterocycles. The Bertz CT molecular complexity index is 338. The molecule has 0 aromatic heterocycles. The molecule has 0 fully saturated rings. The first-order chi connectivity index (χ1) is 6.66. The van der Waals surface area contributed by atoms with Crippen LogP contribution in [0.4, 0.5) is 5.69 Å². The van der Waals surface area contributed by atoms with Crippen molar-refractivity contribution in [2.75, 3.05) is 5.32 Å². The predicted octanol–water partition coefficient (Wildman–Crippen LogP) is 1.87. The molecule has 1 N–H and O–H groups in total. The lowest BCUT2D eigenvalue weighted by molar-refractivity contribution is 0.334. The molecule has 1 aliphatic heterocycles. The Morgan fingerprint density at radius 3 is 2.93 bits per heavy atom. The van der Waals surface area contributed by atoms with Gasteiger partial charge < -0.3 is 9.97 Å². The summed E-state index contributed by atoms with van der Waals surface area (Å²) in [6, 6.07) is 6.97. The van der Waals surface area contributed by atoms with Gasteiger partial charge in [0.15, 0.2) is 0 Å². The number of rotatable bonds is 2. The van der Waals surface area contributed by atoms with E-state index in [0.717, 1.165) is 6.61 Å². The molecule has 2 rings (SSSR count). The topological polar surface area (TPSA) is 21.3 Å². The van der Waals surface area contributed by atoms with Crippen molar-refractivity contribution in [1.29, 1.82) is 0 Å². The maximum Gasteiger partial charge on any atom is 0.324 e. The molecule has 0 atom stereocenters. The third-order valence-corrected chi connectivity index (χ3v) is 2.53. The highest BCUT2D eigenvalue weighted by Crippen LogP contribution is 2.16. The first-order valence-electron chi connectivity index (χ1n) is 5.18. The summed E-state index contributed by atoms with van der Waals surface area (Å²) >= 11 is 0. The molecule has 1 aromatic rings. The summed E-state index contributed by atoms with van der Waals surface area (Å²) in [4.78, 5) is 0. The molecular weight excluding hydrogens is 173 g/mol. The van der Waals surface area contributed by atoms with Crippen LogP contribution in [0.3, 0.4) is 0 Å². The summed E-state index contributed by atoms with van der Waals surface area (Å²) < 4.78 is 5.56. The fraction of sp³-hybridized carbons (Fsp3) is 0.455. The van der Waals surface area contributed by atoms with Crippen LogP contribution < -0.4 is 10.8 Å². The van der Waals surface area contributed by atoms with Crippen molar-refractivity contribution in [2.24, 2.45) is 0 Å². The smallest absolute Gasteiger partial charge is 0.324 e. The SMILES string of the molecule is CB1OCc2cc(NC(C)C)ccc21. The largest absolute Gasteiger partial charge is 0.427 e. The second-order valence-corrected chi connectivity index (χ2v) is 4.17. The average Bonchev–Trinajstić information content (AvgIpc) is 2.46. The molecule has 2 nitrogen and oxygen atoms in total. The van der Waals surface area contributed by atoms with Gasteiger partial charge in [0, 0.05) is 11.7 Å². The second kappa shape index (κ2) is 3.66. The van der Waals surface area contributed by atoms with Gasteiger partial charge in [0.05, 0.1) is 6.61 Å². The molecule has 0 radical (unpaired) electrons. The van der Waals surface area contributed by atoms with Gasteiger partial charge in [-0.3, -0.25) is 0 Å². The Balaban J connectivity index is 2.24. The van der Waals surface area contributed by atoms with Gasteiger partial charge in [-0.25, -0.2) is 0 Å². The van der Waals surface area contributed by atoms with E-state index < -0.39 is 0 Å². The van der Waals surface area contributed by atoms with Crippen LogP contribution in [0.15, 0.2) is 18.2 Å². The van der Waals surface area contributed by atoms with Crippen molar-refractivity contribution in [2.45, 2.75) is 33.3 Å². The zero-order valence-electron chi connectivity index (χ0n) is 9.00. The van der Waals surface area contributed by atoms with Crippen molar-refractivity contribution in [1.82, 2.24) is 0 Å². The van der Waals surface area contributed by atoms with Crippen LogP contribution in [0.1, 0.15) is 19.4 Å². The van der Waals surface area contributed by atoms with Crippen molar-refractivity contribution in [3.05, 3.63) is 23.8 Å². The summed E-state index contributed by atoms with van der Waals surface area (Å²) in [5, 5.41) is 3.39. The maximum absolute atomic E-state index is 5.56. The van der Waals surface area contributed by atoms with Gasteiger partial charge in [-0.15, -0.1) is 0 Å². The number of fused-ring (bicyclic) bond motifs is 1. The van der Waals surface area contributed by atoms with Crippen molar-refractivity contribution < 1.29 is 4.65 Å². The molecule has 0 spiro atoms. The van der Waals surface area contributed by atoms with Crippen LogP contribution in [-0.4, -0.2) is 13.0 Å². The quantitative estimate of drug-likeness (QED) is 0.717. The van der Waals surface area contributed by atoms with Gasteiger partial charge in [0.1, 0.15) is 0 Å². The van der Waals surface area contributed by atoms with Crippen molar-refractivity contribution in [3.8, 4) is 0 Å². The van der Waals surface area contributed by atoms with E-state index in [9.17, 15) is 0 Å². The lowest BCUT2D eigenvalue weighted by Gasteiger charge is -2.11. The molecule has 1 aromatic carbocycles. The molecule has 3 heteroatoms. The lowest BCUT2D eigenvalue weighted by Crippen LogP contribution is -2.24. The highest BCUT2D eigenvalue weighted by atomic mass is 16.4. The molecule has 0 unspecified atom stereocenters. The molecule has 0 amide bonds. The molecular formula is C11H16BNO. The van der Waals surface area contributed by atoms with Crippen LogP contribution in [0.25, 0.3) is 0 Å². The maximum atomic E-state index is 5.56. The van der Waals surface area contributed by atoms with Crippen LogP contribution >= 0.6 is 0 Å². The Morgan fingerprint density at radius 1 is 1.43 bits per heavy atom. The van der Waals surface area contributed by atoms with Crippen LogP contribution in [-0.2, 0) is 11.3 Å². The third-order valence-electron chi connectivity index (χ3n) is 2.53. The first-order valence-corrected chi connectivity index (χ1v) is 5.18. The number of hydrogen-bond acceptors (Lipinski definition) is 2. The van der Waals surface area contributed by atoms with E-state index in [-0.39, 0.29) is 6.92 Å². The van der Waals surface area contributed by atoms with Gasteiger partial charge in [-0.1, -0.05) is 12.9 Å². The molecule has 0 saturated carbocycles. The number of anilines is 1. The molecule has 0 aliphatic carbocycles. The Kier molecular flexibility index (Phi) is 2.51. The predicted molar refractivity (Wildman–Crippen MR) is 61.2 cm³/mol. The number of benzene rings is 1. The molecule has 74 valence electrons. The van der Waals surface area contributed by atoms with E-state index in [0.29, 0.717) is 6.04 Å². The van der Waals surface area contributed by atoms with Gasteiger partial charge in [-0.2, -0.15) is 0 Å². The van der Waals surface area contributed by atoms with Gasteiger partial charge in [0.25, 0.3) is 0 Å². The van der Waals surface area contributed by atoms with Crippen molar-refractivity contribution >= 4 is 18.1 Å². The Morgan fingerprint density at radius 2 is 2.21 bits per heavy atom. The van der Waals surface area contributed by atoms with Gasteiger partial charge >= 0.3 is 6.92 Å². The van der Waals surface area contributed by atoms with Gasteiger partial charge in [-0.05, 0) is 37.0 Å². The lowest BCUT2D eigenvalue weighted by atomic mass is 9.64. The van der Waals surface area contributed by atoms with E-state index in [1.54, 1.807) is 0 Å². The zero-order chi connectivity index (χ0) is 10.1. The summed E-state index contributed by atoms with van der Waals surface area (Å²) in [5.74, 6) is 0. The third kappa shape index (κ3) is 1.78. The Labute approximate surface area is 85.8 Å². The van der Waals surface area contributed by atoms with Crippen LogP contribution in [0.2, 0.25) is 6.82 Å². The number of hydrogen-bond donors (Lipinski definition) is 1. The summed E-state index contributed by atoms with van der Waals surface area (Å²) in [6.45, 7) is 7.41. The van der Waals surface area contributed by atoms with E-state index in [1.807, 2.05) is 0 Å².